The fourth-order valence-corrected chi connectivity index (χ4v) is 4.06. The Morgan fingerprint density at radius 2 is 1.80 bits per heavy atom. The van der Waals surface area contributed by atoms with E-state index < -0.39 is 10.0 Å². The summed E-state index contributed by atoms with van der Waals surface area (Å²) < 4.78 is 26.3. The largest absolute Gasteiger partial charge is 0.299 e. The van der Waals surface area contributed by atoms with Crippen molar-refractivity contribution < 1.29 is 13.2 Å². The minimum Gasteiger partial charge on any atom is -0.299 e. The van der Waals surface area contributed by atoms with E-state index in [-0.39, 0.29) is 16.6 Å². The van der Waals surface area contributed by atoms with Gasteiger partial charge in [-0.2, -0.15) is 4.31 Å². The predicted molar refractivity (Wildman–Crippen MR) is 78.2 cm³/mol. The van der Waals surface area contributed by atoms with Gasteiger partial charge in [0.15, 0.2) is 0 Å². The van der Waals surface area contributed by atoms with E-state index in [1.54, 1.807) is 12.1 Å². The lowest BCUT2D eigenvalue weighted by Gasteiger charge is -2.30. The smallest absolute Gasteiger partial charge is 0.243 e. The third kappa shape index (κ3) is 3.22. The number of Topliss-reactive ketones (excluding diaryl/α,β-unsaturated/α-hetero) is 1. The maximum Gasteiger partial charge on any atom is 0.243 e. The van der Waals surface area contributed by atoms with Crippen molar-refractivity contribution in [2.24, 2.45) is 5.92 Å². The molecule has 110 valence electrons. The summed E-state index contributed by atoms with van der Waals surface area (Å²) in [5.41, 5.74) is 0. The number of nitrogens with zero attached hydrogens (tertiary/aromatic N) is 1. The number of halogens is 1. The summed E-state index contributed by atoms with van der Waals surface area (Å²) in [6, 6.07) is 6.17. The summed E-state index contributed by atoms with van der Waals surface area (Å²) in [5.74, 6) is 0.241. The van der Waals surface area contributed by atoms with Gasteiger partial charge in [0, 0.05) is 30.5 Å². The van der Waals surface area contributed by atoms with Gasteiger partial charge in [-0.05, 0) is 37.1 Å². The van der Waals surface area contributed by atoms with Crippen LogP contribution in [0.5, 0.6) is 0 Å². The summed E-state index contributed by atoms with van der Waals surface area (Å²) in [6.45, 7) is 2.65. The first-order valence-electron chi connectivity index (χ1n) is 6.73. The molecule has 0 unspecified atom stereocenters. The van der Waals surface area contributed by atoms with Crippen molar-refractivity contribution in [1.29, 1.82) is 0 Å². The molecule has 0 radical (unpaired) electrons. The van der Waals surface area contributed by atoms with Crippen LogP contribution in [0.25, 0.3) is 0 Å². The molecule has 1 fully saturated rings. The molecule has 1 aliphatic heterocycles. The molecule has 1 aromatic carbocycles. The number of ketones is 1. The van der Waals surface area contributed by atoms with E-state index in [1.807, 2.05) is 6.92 Å². The Kier molecular flexibility index (Phi) is 4.83. The number of hydrogen-bond donors (Lipinski definition) is 0. The zero-order chi connectivity index (χ0) is 14.8. The van der Waals surface area contributed by atoms with Crippen LogP contribution in [0.15, 0.2) is 29.2 Å². The normalized spacial score (nSPS) is 18.1. The molecule has 1 heterocycles. The summed E-state index contributed by atoms with van der Waals surface area (Å²) in [4.78, 5) is 11.9. The maximum absolute atomic E-state index is 12.4. The van der Waals surface area contributed by atoms with E-state index in [9.17, 15) is 13.2 Å². The van der Waals surface area contributed by atoms with Crippen molar-refractivity contribution in [1.82, 2.24) is 4.31 Å². The number of sulfonamides is 1. The Labute approximate surface area is 124 Å². The van der Waals surface area contributed by atoms with Gasteiger partial charge in [-0.25, -0.2) is 8.42 Å². The first-order valence-corrected chi connectivity index (χ1v) is 8.55. The zero-order valence-electron chi connectivity index (χ0n) is 11.4. The molecule has 0 atom stereocenters. The minimum atomic E-state index is -3.47. The highest BCUT2D eigenvalue weighted by atomic mass is 35.5. The van der Waals surface area contributed by atoms with Gasteiger partial charge in [0.05, 0.1) is 4.90 Å². The predicted octanol–water partition coefficient (Wildman–Crippen LogP) is 2.72. The first kappa shape index (κ1) is 15.5. The van der Waals surface area contributed by atoms with Gasteiger partial charge in [-0.1, -0.05) is 18.5 Å². The summed E-state index contributed by atoms with van der Waals surface area (Å²) >= 11 is 5.77. The van der Waals surface area contributed by atoms with Crippen LogP contribution in [0.2, 0.25) is 5.02 Å². The van der Waals surface area contributed by atoms with Crippen molar-refractivity contribution in [3.63, 3.8) is 0 Å². The third-order valence-corrected chi connectivity index (χ3v) is 5.87. The second-order valence-corrected chi connectivity index (χ2v) is 7.33. The molecule has 0 aliphatic carbocycles. The van der Waals surface area contributed by atoms with Crippen LogP contribution in [0.4, 0.5) is 0 Å². The highest BCUT2D eigenvalue weighted by molar-refractivity contribution is 7.89. The molecular formula is C14H18ClNO3S. The van der Waals surface area contributed by atoms with Crippen LogP contribution in [-0.4, -0.2) is 31.6 Å². The van der Waals surface area contributed by atoms with E-state index >= 15 is 0 Å². The number of piperidine rings is 1. The van der Waals surface area contributed by atoms with Crippen LogP contribution in [0.1, 0.15) is 26.2 Å². The summed E-state index contributed by atoms with van der Waals surface area (Å²) in [7, 11) is -3.47. The fraction of sp³-hybridized carbons (Fsp3) is 0.500. The van der Waals surface area contributed by atoms with Crippen LogP contribution in [0.3, 0.4) is 0 Å². The Hall–Kier alpha value is -0.910. The standard InChI is InChI=1S/C14H18ClNO3S/c1-2-14(17)11-7-9-16(10-8-11)20(18,19)13-5-3-12(15)4-6-13/h3-6,11H,2,7-10H2,1H3. The highest BCUT2D eigenvalue weighted by Gasteiger charge is 2.31. The Bertz CT molecular complexity index is 575. The quantitative estimate of drug-likeness (QED) is 0.858. The van der Waals surface area contributed by atoms with Crippen molar-refractivity contribution >= 4 is 27.4 Å². The van der Waals surface area contributed by atoms with Crippen LogP contribution in [0, 0.1) is 5.92 Å². The lowest BCUT2D eigenvalue weighted by atomic mass is 9.92. The molecule has 0 aromatic heterocycles. The second kappa shape index (κ2) is 6.24. The van der Waals surface area contributed by atoms with E-state index in [0.717, 1.165) is 0 Å². The monoisotopic (exact) mass is 315 g/mol. The molecule has 20 heavy (non-hydrogen) atoms. The van der Waals surface area contributed by atoms with Crippen molar-refractivity contribution in [2.75, 3.05) is 13.1 Å². The van der Waals surface area contributed by atoms with Crippen LogP contribution >= 0.6 is 11.6 Å². The third-order valence-electron chi connectivity index (χ3n) is 3.71. The van der Waals surface area contributed by atoms with Gasteiger partial charge in [0.1, 0.15) is 5.78 Å². The van der Waals surface area contributed by atoms with Crippen LogP contribution in [-0.2, 0) is 14.8 Å². The number of carbonyl (C=O) groups excluding carboxylic acids is 1. The fourth-order valence-electron chi connectivity index (χ4n) is 2.46. The SMILES string of the molecule is CCC(=O)C1CCN(S(=O)(=O)c2ccc(Cl)cc2)CC1. The second-order valence-electron chi connectivity index (χ2n) is 4.95. The van der Waals surface area contributed by atoms with Crippen LogP contribution < -0.4 is 0 Å². The molecule has 6 heteroatoms. The molecule has 0 saturated carbocycles. The van der Waals surface area contributed by atoms with E-state index in [1.165, 1.54) is 16.4 Å². The molecule has 0 amide bonds. The van der Waals surface area contributed by atoms with E-state index in [4.69, 9.17) is 11.6 Å². The van der Waals surface area contributed by atoms with Gasteiger partial charge < -0.3 is 0 Å². The Morgan fingerprint density at radius 1 is 1.25 bits per heavy atom. The molecule has 0 bridgehead atoms. The van der Waals surface area contributed by atoms with Gasteiger partial charge in [-0.15, -0.1) is 0 Å². The molecule has 0 spiro atoms. The lowest BCUT2D eigenvalue weighted by molar-refractivity contribution is -0.123. The topological polar surface area (TPSA) is 54.5 Å². The molecule has 0 N–H and O–H groups in total. The Balaban J connectivity index is 2.09. The average molecular weight is 316 g/mol. The highest BCUT2D eigenvalue weighted by Crippen LogP contribution is 2.25. The van der Waals surface area contributed by atoms with Gasteiger partial charge in [0.2, 0.25) is 10.0 Å². The summed E-state index contributed by atoms with van der Waals surface area (Å²) in [5, 5.41) is 0.510. The molecular weight excluding hydrogens is 298 g/mol. The zero-order valence-corrected chi connectivity index (χ0v) is 13.0. The molecule has 1 aromatic rings. The molecule has 1 aliphatic rings. The maximum atomic E-state index is 12.4. The van der Waals surface area contributed by atoms with E-state index in [2.05, 4.69) is 0 Å². The lowest BCUT2D eigenvalue weighted by Crippen LogP contribution is -2.40. The number of rotatable bonds is 4. The van der Waals surface area contributed by atoms with Gasteiger partial charge in [0.25, 0.3) is 0 Å². The van der Waals surface area contributed by atoms with Crippen molar-refractivity contribution in [3.8, 4) is 0 Å². The van der Waals surface area contributed by atoms with Gasteiger partial charge >= 0.3 is 0 Å². The van der Waals surface area contributed by atoms with Crippen molar-refractivity contribution in [3.05, 3.63) is 29.3 Å². The molecule has 2 rings (SSSR count). The Morgan fingerprint density at radius 3 is 2.30 bits per heavy atom. The van der Waals surface area contributed by atoms with Crippen molar-refractivity contribution in [2.45, 2.75) is 31.1 Å². The number of benzene rings is 1. The average Bonchev–Trinajstić information content (AvgIpc) is 2.47. The number of carbonyl (C=O) groups is 1. The molecule has 1 saturated heterocycles. The van der Waals surface area contributed by atoms with E-state index in [0.29, 0.717) is 37.4 Å². The number of hydrogen-bond acceptors (Lipinski definition) is 3. The summed E-state index contributed by atoms with van der Waals surface area (Å²) in [6.07, 6.45) is 1.74. The first-order chi connectivity index (χ1) is 9.45. The minimum absolute atomic E-state index is 0.0108. The molecule has 4 nitrogen and oxygen atoms in total. The van der Waals surface area contributed by atoms with Gasteiger partial charge in [-0.3, -0.25) is 4.79 Å².